The predicted octanol–water partition coefficient (Wildman–Crippen LogP) is 2.33. The number of carbonyl (C=O) groups is 1. The third-order valence-electron chi connectivity index (χ3n) is 7.64. The SMILES string of the molecule is C#Cc1ccc2[nH]c(S(=O)(=O)N3CCN(C(=O)c4nc5c(s4)CNC(C)C5)C(CCN(C)S(=O)(=O)C(F)(F)F)C3)cc2c1. The number of hydrogen-bond donors (Lipinski definition) is 2. The molecule has 5 rings (SSSR count). The molecule has 2 aliphatic rings. The first-order valence-corrected chi connectivity index (χ1v) is 17.0. The molecule has 2 aliphatic heterocycles. The van der Waals surface area contributed by atoms with E-state index < -0.39 is 44.0 Å². The number of rotatable bonds is 7. The summed E-state index contributed by atoms with van der Waals surface area (Å²) in [7, 11) is -8.96. The number of carbonyl (C=O) groups excluding carboxylic acids is 1. The number of aromatic amines is 1. The highest BCUT2D eigenvalue weighted by atomic mass is 32.2. The fourth-order valence-electron chi connectivity index (χ4n) is 5.19. The second-order valence-electron chi connectivity index (χ2n) is 10.5. The lowest BCUT2D eigenvalue weighted by atomic mass is 10.1. The second kappa shape index (κ2) is 11.5. The summed E-state index contributed by atoms with van der Waals surface area (Å²) in [5, 5.41) is 3.96. The Morgan fingerprint density at radius 1 is 1.23 bits per heavy atom. The minimum atomic E-state index is -5.62. The molecule has 3 aromatic rings. The van der Waals surface area contributed by atoms with Crippen molar-refractivity contribution in [1.82, 2.24) is 28.8 Å². The zero-order chi connectivity index (χ0) is 31.3. The van der Waals surface area contributed by atoms with Crippen LogP contribution in [0, 0.1) is 12.3 Å². The number of hydrogen-bond acceptors (Lipinski definition) is 8. The van der Waals surface area contributed by atoms with E-state index in [1.807, 2.05) is 6.92 Å². The fraction of sp³-hybridized carbons (Fsp3) is 0.462. The number of sulfonamides is 2. The lowest BCUT2D eigenvalue weighted by Gasteiger charge is -2.40. The van der Waals surface area contributed by atoms with E-state index in [4.69, 9.17) is 6.42 Å². The van der Waals surface area contributed by atoms with Crippen molar-refractivity contribution in [3.63, 3.8) is 0 Å². The summed E-state index contributed by atoms with van der Waals surface area (Å²) in [6.45, 7) is 1.52. The normalized spacial score (nSPS) is 20.3. The molecule has 1 amide bonds. The van der Waals surface area contributed by atoms with Gasteiger partial charge in [-0.1, -0.05) is 5.92 Å². The van der Waals surface area contributed by atoms with Crippen LogP contribution < -0.4 is 5.32 Å². The van der Waals surface area contributed by atoms with Gasteiger partial charge in [-0.15, -0.1) is 17.8 Å². The van der Waals surface area contributed by atoms with E-state index in [0.717, 1.165) is 21.9 Å². The van der Waals surface area contributed by atoms with Gasteiger partial charge in [-0.05, 0) is 37.6 Å². The molecule has 0 saturated carbocycles. The topological polar surface area (TPSA) is 136 Å². The summed E-state index contributed by atoms with van der Waals surface area (Å²) < 4.78 is 92.0. The molecule has 11 nitrogen and oxygen atoms in total. The lowest BCUT2D eigenvalue weighted by Crippen LogP contribution is -2.57. The van der Waals surface area contributed by atoms with Gasteiger partial charge in [0.1, 0.15) is 5.03 Å². The first kappa shape index (κ1) is 31.4. The molecule has 2 N–H and O–H groups in total. The number of amides is 1. The molecule has 232 valence electrons. The van der Waals surface area contributed by atoms with E-state index in [0.29, 0.717) is 29.4 Å². The van der Waals surface area contributed by atoms with Crippen molar-refractivity contribution >= 4 is 48.2 Å². The maximum Gasteiger partial charge on any atom is 0.511 e. The van der Waals surface area contributed by atoms with Crippen LogP contribution in [0.15, 0.2) is 29.3 Å². The number of terminal acetylenes is 1. The average molecular weight is 659 g/mol. The molecule has 2 unspecified atom stereocenters. The third-order valence-corrected chi connectivity index (χ3v) is 12.1. The molecule has 1 saturated heterocycles. The van der Waals surface area contributed by atoms with E-state index in [2.05, 4.69) is 21.2 Å². The average Bonchev–Trinajstić information content (AvgIpc) is 3.58. The molecule has 0 spiro atoms. The number of thiazole rings is 1. The van der Waals surface area contributed by atoms with Gasteiger partial charge >= 0.3 is 15.5 Å². The predicted molar refractivity (Wildman–Crippen MR) is 154 cm³/mol. The standard InChI is InChI=1S/C26H29F3N6O5S3/c1-4-17-5-6-20-18(12-17)13-23(31-20)42(37,38)34-9-10-35(19(15-34)7-8-33(3)43(39,40)26(27,28)29)25(36)24-32-21-11-16(2)30-14-22(21)41-24/h1,5-6,12-13,16,19,30-31H,7-11,14-15H2,2-3H3. The molecule has 2 atom stereocenters. The van der Waals surface area contributed by atoms with Crippen molar-refractivity contribution in [2.75, 3.05) is 33.2 Å². The highest BCUT2D eigenvalue weighted by molar-refractivity contribution is 7.90. The molecule has 0 bridgehead atoms. The maximum atomic E-state index is 13.7. The Kier molecular flexibility index (Phi) is 8.39. The highest BCUT2D eigenvalue weighted by Gasteiger charge is 2.49. The largest absolute Gasteiger partial charge is 0.511 e. The summed E-state index contributed by atoms with van der Waals surface area (Å²) in [5.74, 6) is 2.01. The van der Waals surface area contributed by atoms with Gasteiger partial charge in [0.2, 0.25) is 0 Å². The maximum absolute atomic E-state index is 13.7. The molecule has 1 aromatic carbocycles. The number of aromatic nitrogens is 2. The van der Waals surface area contributed by atoms with Crippen LogP contribution in [0.25, 0.3) is 10.9 Å². The minimum absolute atomic E-state index is 0.0706. The lowest BCUT2D eigenvalue weighted by molar-refractivity contribution is -0.0484. The van der Waals surface area contributed by atoms with Gasteiger partial charge in [-0.3, -0.25) is 4.79 Å². The number of nitrogens with one attached hydrogen (secondary N) is 2. The van der Waals surface area contributed by atoms with Crippen LogP contribution in [0.5, 0.6) is 0 Å². The number of piperazine rings is 1. The summed E-state index contributed by atoms with van der Waals surface area (Å²) in [5.41, 5.74) is -3.60. The van der Waals surface area contributed by atoms with Gasteiger partial charge in [-0.2, -0.15) is 21.8 Å². The van der Waals surface area contributed by atoms with Crippen LogP contribution in [0.1, 0.15) is 39.3 Å². The van der Waals surface area contributed by atoms with Crippen LogP contribution >= 0.6 is 11.3 Å². The summed E-state index contributed by atoms with van der Waals surface area (Å²) in [4.78, 5) is 23.3. The van der Waals surface area contributed by atoms with E-state index >= 15 is 0 Å². The van der Waals surface area contributed by atoms with Gasteiger partial charge in [-0.25, -0.2) is 21.8 Å². The first-order chi connectivity index (χ1) is 20.1. The van der Waals surface area contributed by atoms with Crippen LogP contribution in [0.2, 0.25) is 0 Å². The Bertz CT molecular complexity index is 1810. The molecule has 1 fully saturated rings. The number of nitrogens with zero attached hydrogens (tertiary/aromatic N) is 4. The Hall–Kier alpha value is -3.01. The Morgan fingerprint density at radius 3 is 2.67 bits per heavy atom. The van der Waals surface area contributed by atoms with Crippen molar-refractivity contribution in [2.24, 2.45) is 0 Å². The smallest absolute Gasteiger partial charge is 0.345 e. The first-order valence-electron chi connectivity index (χ1n) is 13.3. The highest BCUT2D eigenvalue weighted by Crippen LogP contribution is 2.30. The minimum Gasteiger partial charge on any atom is -0.345 e. The van der Waals surface area contributed by atoms with Crippen LogP contribution in [-0.4, -0.2) is 97.0 Å². The number of halogens is 3. The van der Waals surface area contributed by atoms with Crippen molar-refractivity contribution in [3.05, 3.63) is 45.4 Å². The molecule has 2 aromatic heterocycles. The van der Waals surface area contributed by atoms with Crippen LogP contribution in [0.3, 0.4) is 0 Å². The number of fused-ring (bicyclic) bond motifs is 2. The Balaban J connectivity index is 1.42. The summed E-state index contributed by atoms with van der Waals surface area (Å²) in [6.07, 6.45) is 5.83. The van der Waals surface area contributed by atoms with Crippen molar-refractivity contribution in [1.29, 1.82) is 0 Å². The number of benzene rings is 1. The van der Waals surface area contributed by atoms with Crippen LogP contribution in [-0.2, 0) is 33.0 Å². The van der Waals surface area contributed by atoms with Crippen molar-refractivity contribution in [2.45, 2.75) is 48.9 Å². The van der Waals surface area contributed by atoms with E-state index in [-0.39, 0.29) is 46.4 Å². The molecule has 0 aliphatic carbocycles. The van der Waals surface area contributed by atoms with Gasteiger partial charge in [0, 0.05) is 79.6 Å². The van der Waals surface area contributed by atoms with E-state index in [1.54, 1.807) is 18.2 Å². The quantitative estimate of drug-likeness (QED) is 0.372. The van der Waals surface area contributed by atoms with Gasteiger partial charge < -0.3 is 15.2 Å². The van der Waals surface area contributed by atoms with Crippen molar-refractivity contribution in [3.8, 4) is 12.3 Å². The Labute approximate surface area is 251 Å². The molecule has 4 heterocycles. The third kappa shape index (κ3) is 6.04. The van der Waals surface area contributed by atoms with Gasteiger partial charge in [0.25, 0.3) is 15.9 Å². The van der Waals surface area contributed by atoms with Gasteiger partial charge in [0.15, 0.2) is 5.01 Å². The Morgan fingerprint density at radius 2 is 1.98 bits per heavy atom. The summed E-state index contributed by atoms with van der Waals surface area (Å²) >= 11 is 1.21. The monoisotopic (exact) mass is 658 g/mol. The molecule has 43 heavy (non-hydrogen) atoms. The van der Waals surface area contributed by atoms with Gasteiger partial charge in [0.05, 0.1) is 5.69 Å². The second-order valence-corrected chi connectivity index (χ2v) is 15.6. The van der Waals surface area contributed by atoms with E-state index in [1.165, 1.54) is 22.3 Å². The fourth-order valence-corrected chi connectivity index (χ4v) is 8.36. The zero-order valence-electron chi connectivity index (χ0n) is 23.2. The molecular formula is C26H29F3N6O5S3. The number of alkyl halides is 3. The molecule has 0 radical (unpaired) electrons. The molecule has 17 heteroatoms. The zero-order valence-corrected chi connectivity index (χ0v) is 25.6. The van der Waals surface area contributed by atoms with E-state index in [9.17, 15) is 34.8 Å². The van der Waals surface area contributed by atoms with Crippen molar-refractivity contribution < 1.29 is 34.8 Å². The molecular weight excluding hydrogens is 630 g/mol. The number of H-pyrrole nitrogens is 1. The summed E-state index contributed by atoms with van der Waals surface area (Å²) in [6, 6.07) is 5.66. The van der Waals surface area contributed by atoms with Crippen LogP contribution in [0.4, 0.5) is 13.2 Å².